The molecular weight excluding hydrogens is 362 g/mol. The molecule has 3 rings (SSSR count). The molecule has 0 aliphatic rings. The first kappa shape index (κ1) is 15.8. The van der Waals surface area contributed by atoms with Crippen molar-refractivity contribution in [1.82, 2.24) is 4.31 Å². The van der Waals surface area contributed by atoms with E-state index in [1.165, 1.54) is 28.0 Å². The smallest absolute Gasteiger partial charge is 0.253 e. The monoisotopic (exact) mass is 373 g/mol. The van der Waals surface area contributed by atoms with Crippen molar-refractivity contribution in [1.29, 1.82) is 0 Å². The molecule has 0 N–H and O–H groups in total. The summed E-state index contributed by atoms with van der Waals surface area (Å²) in [6.07, 6.45) is 1.54. The molecule has 0 aliphatic heterocycles. The van der Waals surface area contributed by atoms with Gasteiger partial charge in [-0.15, -0.1) is 22.7 Å². The third-order valence-corrected chi connectivity index (χ3v) is 7.32. The van der Waals surface area contributed by atoms with Crippen molar-refractivity contribution in [2.24, 2.45) is 0 Å². The number of hydrogen-bond donors (Lipinski definition) is 0. The summed E-state index contributed by atoms with van der Waals surface area (Å²) in [5.41, 5.74) is 0. The summed E-state index contributed by atoms with van der Waals surface area (Å²) in [5.74, 6) is 0.600. The lowest BCUT2D eigenvalue weighted by Crippen LogP contribution is -2.29. The highest BCUT2D eigenvalue weighted by atomic mass is 35.5. The highest BCUT2D eigenvalue weighted by molar-refractivity contribution is 7.91. The van der Waals surface area contributed by atoms with Gasteiger partial charge in [0.15, 0.2) is 0 Å². The highest BCUT2D eigenvalue weighted by Crippen LogP contribution is 2.30. The second-order valence-corrected chi connectivity index (χ2v) is 9.40. The van der Waals surface area contributed by atoms with E-state index >= 15 is 0 Å². The van der Waals surface area contributed by atoms with E-state index < -0.39 is 10.0 Å². The maximum atomic E-state index is 12.8. The topological polar surface area (TPSA) is 50.5 Å². The van der Waals surface area contributed by atoms with Crippen LogP contribution in [0.5, 0.6) is 0 Å². The molecular formula is C14H12ClNO3S3. The van der Waals surface area contributed by atoms with Crippen molar-refractivity contribution in [3.8, 4) is 0 Å². The van der Waals surface area contributed by atoms with Crippen LogP contribution in [0.25, 0.3) is 0 Å². The predicted molar refractivity (Wildman–Crippen MR) is 88.8 cm³/mol. The van der Waals surface area contributed by atoms with Crippen molar-refractivity contribution in [2.45, 2.75) is 17.3 Å². The molecule has 0 bridgehead atoms. The van der Waals surface area contributed by atoms with Crippen LogP contribution < -0.4 is 0 Å². The van der Waals surface area contributed by atoms with Gasteiger partial charge in [0.05, 0.1) is 17.1 Å². The molecule has 0 aliphatic carbocycles. The molecule has 116 valence electrons. The first-order valence-electron chi connectivity index (χ1n) is 6.36. The van der Waals surface area contributed by atoms with Crippen LogP contribution in [0.1, 0.15) is 10.6 Å². The Hall–Kier alpha value is -1.12. The van der Waals surface area contributed by atoms with Gasteiger partial charge in [-0.25, -0.2) is 8.42 Å². The summed E-state index contributed by atoms with van der Waals surface area (Å²) in [6, 6.07) is 10.4. The molecule has 0 amide bonds. The van der Waals surface area contributed by atoms with Gasteiger partial charge >= 0.3 is 0 Å². The van der Waals surface area contributed by atoms with E-state index in [1.807, 2.05) is 17.5 Å². The lowest BCUT2D eigenvalue weighted by Gasteiger charge is -2.19. The first-order chi connectivity index (χ1) is 10.6. The molecule has 0 unspecified atom stereocenters. The molecule has 3 aromatic heterocycles. The SMILES string of the molecule is O=S(=O)(c1ccc(Cl)s1)N(Cc1ccco1)Cc1cccs1. The van der Waals surface area contributed by atoms with Gasteiger partial charge in [0.25, 0.3) is 10.0 Å². The van der Waals surface area contributed by atoms with Gasteiger partial charge in [0.1, 0.15) is 9.97 Å². The minimum absolute atomic E-state index is 0.183. The van der Waals surface area contributed by atoms with E-state index in [1.54, 1.807) is 18.2 Å². The Morgan fingerprint density at radius 3 is 2.59 bits per heavy atom. The van der Waals surface area contributed by atoms with Gasteiger partial charge in [0, 0.05) is 11.4 Å². The predicted octanol–water partition coefficient (Wildman–Crippen LogP) is 4.45. The van der Waals surface area contributed by atoms with Crippen LogP contribution in [0, 0.1) is 0 Å². The zero-order chi connectivity index (χ0) is 15.6. The van der Waals surface area contributed by atoms with Crippen LogP contribution >= 0.6 is 34.3 Å². The van der Waals surface area contributed by atoms with E-state index in [9.17, 15) is 8.42 Å². The van der Waals surface area contributed by atoms with Gasteiger partial charge < -0.3 is 4.42 Å². The molecule has 4 nitrogen and oxygen atoms in total. The van der Waals surface area contributed by atoms with Crippen LogP contribution in [-0.4, -0.2) is 12.7 Å². The maximum absolute atomic E-state index is 12.8. The fraction of sp³-hybridized carbons (Fsp3) is 0.143. The van der Waals surface area contributed by atoms with Crippen molar-refractivity contribution < 1.29 is 12.8 Å². The Labute approximate surface area is 141 Å². The van der Waals surface area contributed by atoms with E-state index in [4.69, 9.17) is 16.0 Å². The zero-order valence-corrected chi connectivity index (χ0v) is 14.5. The van der Waals surface area contributed by atoms with Crippen molar-refractivity contribution in [3.63, 3.8) is 0 Å². The normalized spacial score (nSPS) is 12.1. The summed E-state index contributed by atoms with van der Waals surface area (Å²) in [6.45, 7) is 0.485. The minimum Gasteiger partial charge on any atom is -0.468 e. The van der Waals surface area contributed by atoms with Crippen molar-refractivity contribution in [2.75, 3.05) is 0 Å². The molecule has 3 heterocycles. The third kappa shape index (κ3) is 3.44. The highest BCUT2D eigenvalue weighted by Gasteiger charge is 2.27. The molecule has 0 atom stereocenters. The molecule has 0 spiro atoms. The van der Waals surface area contributed by atoms with E-state index in [-0.39, 0.29) is 10.8 Å². The molecule has 22 heavy (non-hydrogen) atoms. The van der Waals surface area contributed by atoms with Crippen LogP contribution in [0.2, 0.25) is 4.34 Å². The largest absolute Gasteiger partial charge is 0.468 e. The number of rotatable bonds is 6. The molecule has 3 aromatic rings. The minimum atomic E-state index is -3.62. The summed E-state index contributed by atoms with van der Waals surface area (Å²) >= 11 is 8.45. The standard InChI is InChI=1S/C14H12ClNO3S3/c15-13-5-6-14(21-13)22(17,18)16(9-11-3-1-7-19-11)10-12-4-2-8-20-12/h1-8H,9-10H2. The molecule has 0 aromatic carbocycles. The Kier molecular flexibility index (Phi) is 4.70. The van der Waals surface area contributed by atoms with Crippen LogP contribution in [0.3, 0.4) is 0 Å². The quantitative estimate of drug-likeness (QED) is 0.641. The van der Waals surface area contributed by atoms with Crippen molar-refractivity contribution >= 4 is 44.3 Å². The number of furan rings is 1. The Bertz CT molecular complexity index is 786. The van der Waals surface area contributed by atoms with Crippen LogP contribution in [-0.2, 0) is 23.1 Å². The number of sulfonamides is 1. The number of thiophene rings is 2. The Balaban J connectivity index is 1.93. The molecule has 0 radical (unpaired) electrons. The van der Waals surface area contributed by atoms with E-state index in [0.717, 1.165) is 16.2 Å². The molecule has 0 fully saturated rings. The fourth-order valence-corrected chi connectivity index (χ4v) is 5.76. The molecule has 0 saturated carbocycles. The van der Waals surface area contributed by atoms with Gasteiger partial charge in [0.2, 0.25) is 0 Å². The van der Waals surface area contributed by atoms with Gasteiger partial charge in [-0.1, -0.05) is 17.7 Å². The van der Waals surface area contributed by atoms with E-state index in [2.05, 4.69) is 0 Å². The van der Waals surface area contributed by atoms with E-state index in [0.29, 0.717) is 16.6 Å². The summed E-state index contributed by atoms with van der Waals surface area (Å²) in [5, 5.41) is 1.93. The maximum Gasteiger partial charge on any atom is 0.253 e. The number of halogens is 1. The van der Waals surface area contributed by atoms with Crippen molar-refractivity contribution in [3.05, 3.63) is 63.0 Å². The fourth-order valence-electron chi connectivity index (χ4n) is 1.94. The van der Waals surface area contributed by atoms with Gasteiger partial charge in [-0.05, 0) is 35.7 Å². The lowest BCUT2D eigenvalue weighted by atomic mass is 10.4. The second-order valence-electron chi connectivity index (χ2n) is 4.49. The number of hydrogen-bond acceptors (Lipinski definition) is 5. The Morgan fingerprint density at radius 1 is 1.14 bits per heavy atom. The zero-order valence-electron chi connectivity index (χ0n) is 11.3. The lowest BCUT2D eigenvalue weighted by molar-refractivity contribution is 0.361. The number of nitrogens with zero attached hydrogens (tertiary/aromatic N) is 1. The Morgan fingerprint density at radius 2 is 2.00 bits per heavy atom. The summed E-state index contributed by atoms with van der Waals surface area (Å²) in [7, 11) is -3.62. The summed E-state index contributed by atoms with van der Waals surface area (Å²) in [4.78, 5) is 0.970. The molecule has 8 heteroatoms. The van der Waals surface area contributed by atoms with Gasteiger partial charge in [-0.3, -0.25) is 0 Å². The summed E-state index contributed by atoms with van der Waals surface area (Å²) < 4.78 is 33.1. The average Bonchev–Trinajstić information content (AvgIpc) is 3.19. The van der Waals surface area contributed by atoms with Crippen LogP contribution in [0.4, 0.5) is 0 Å². The molecule has 0 saturated heterocycles. The second kappa shape index (κ2) is 6.55. The third-order valence-electron chi connectivity index (χ3n) is 2.97. The first-order valence-corrected chi connectivity index (χ1v) is 9.87. The average molecular weight is 374 g/mol. The van der Waals surface area contributed by atoms with Gasteiger partial charge in [-0.2, -0.15) is 4.31 Å². The van der Waals surface area contributed by atoms with Crippen LogP contribution in [0.15, 0.2) is 56.7 Å².